The van der Waals surface area contributed by atoms with Crippen LogP contribution in [0.5, 0.6) is 0 Å². The van der Waals surface area contributed by atoms with Gasteiger partial charge in [0.05, 0.1) is 0 Å². The van der Waals surface area contributed by atoms with Crippen LogP contribution >= 0.6 is 0 Å². The summed E-state index contributed by atoms with van der Waals surface area (Å²) in [6.07, 6.45) is -3.92. The molecule has 0 spiro atoms. The maximum atomic E-state index is 12.7. The van der Waals surface area contributed by atoms with Crippen LogP contribution in [0.2, 0.25) is 0 Å². The lowest BCUT2D eigenvalue weighted by molar-refractivity contribution is -0.145. The molecule has 0 bridgehead atoms. The first-order valence-corrected chi connectivity index (χ1v) is 7.87. The second-order valence-electron chi connectivity index (χ2n) is 5.97. The van der Waals surface area contributed by atoms with Gasteiger partial charge in [-0.15, -0.1) is 0 Å². The summed E-state index contributed by atoms with van der Waals surface area (Å²) in [6.45, 7) is 6.68. The van der Waals surface area contributed by atoms with Crippen molar-refractivity contribution < 1.29 is 18.0 Å². The number of likely N-dealkylation sites (N-methyl/N-ethyl adjacent to an activating group) is 1. The zero-order valence-electron chi connectivity index (χ0n) is 13.9. The molecule has 24 heavy (non-hydrogen) atoms. The number of aromatic nitrogens is 2. The molecule has 1 aliphatic rings. The van der Waals surface area contributed by atoms with Crippen LogP contribution in [0.25, 0.3) is 0 Å². The molecule has 1 N–H and O–H groups in total. The smallest absolute Gasteiger partial charge is 0.351 e. The number of nitrogens with zero attached hydrogens (tertiary/aromatic N) is 4. The molecule has 6 nitrogen and oxygen atoms in total. The molecule has 2 rings (SSSR count). The zero-order valence-corrected chi connectivity index (χ0v) is 13.9. The first kappa shape index (κ1) is 18.6. The topological polar surface area (TPSA) is 61.4 Å². The molecule has 0 radical (unpaired) electrons. The average molecular weight is 345 g/mol. The summed E-state index contributed by atoms with van der Waals surface area (Å²) in [6, 6.07) is 1.26. The quantitative estimate of drug-likeness (QED) is 0.812. The number of hydrogen-bond donors (Lipinski definition) is 1. The minimum absolute atomic E-state index is 0.111. The average Bonchev–Trinajstić information content (AvgIpc) is 2.51. The van der Waals surface area contributed by atoms with Crippen LogP contribution in [0.3, 0.4) is 0 Å². The molecule has 0 aliphatic carbocycles. The number of carbonyl (C=O) groups excluding carboxylic acids is 1. The highest BCUT2D eigenvalue weighted by atomic mass is 19.4. The Morgan fingerprint density at radius 1 is 1.25 bits per heavy atom. The van der Waals surface area contributed by atoms with Gasteiger partial charge in [0.2, 0.25) is 5.82 Å². The van der Waals surface area contributed by atoms with Crippen molar-refractivity contribution >= 4 is 5.91 Å². The third-order valence-corrected chi connectivity index (χ3v) is 3.87. The number of aryl methyl sites for hydroxylation is 1. The van der Waals surface area contributed by atoms with E-state index in [0.29, 0.717) is 6.54 Å². The maximum Gasteiger partial charge on any atom is 0.451 e. The van der Waals surface area contributed by atoms with Gasteiger partial charge in [-0.2, -0.15) is 13.2 Å². The van der Waals surface area contributed by atoms with E-state index in [4.69, 9.17) is 0 Å². The zero-order chi connectivity index (χ0) is 17.7. The Morgan fingerprint density at radius 2 is 1.92 bits per heavy atom. The van der Waals surface area contributed by atoms with Crippen molar-refractivity contribution in [1.82, 2.24) is 25.1 Å². The van der Waals surface area contributed by atoms with Crippen molar-refractivity contribution in [3.8, 4) is 0 Å². The largest absolute Gasteiger partial charge is 0.451 e. The van der Waals surface area contributed by atoms with Crippen LogP contribution in [-0.2, 0) is 6.18 Å². The van der Waals surface area contributed by atoms with E-state index in [-0.39, 0.29) is 11.4 Å². The van der Waals surface area contributed by atoms with E-state index >= 15 is 0 Å². The van der Waals surface area contributed by atoms with Gasteiger partial charge in [-0.05, 0) is 33.0 Å². The highest BCUT2D eigenvalue weighted by Crippen LogP contribution is 2.26. The standard InChI is InChI=1S/C15H22F3N5O/c1-11-10-12(21-14(20-11)15(16,17)18)13(24)19-4-3-5-23-8-6-22(2)7-9-23/h10H,3-9H2,1-2H3,(H,19,24). The van der Waals surface area contributed by atoms with E-state index in [2.05, 4.69) is 32.1 Å². The number of rotatable bonds is 5. The van der Waals surface area contributed by atoms with Crippen molar-refractivity contribution in [1.29, 1.82) is 0 Å². The lowest BCUT2D eigenvalue weighted by atomic mass is 10.3. The van der Waals surface area contributed by atoms with E-state index in [9.17, 15) is 18.0 Å². The van der Waals surface area contributed by atoms with Crippen LogP contribution in [-0.4, -0.2) is 72.0 Å². The number of amides is 1. The molecular weight excluding hydrogens is 323 g/mol. The number of piperazine rings is 1. The lowest BCUT2D eigenvalue weighted by Crippen LogP contribution is -2.45. The Balaban J connectivity index is 1.81. The van der Waals surface area contributed by atoms with Gasteiger partial charge in [0.25, 0.3) is 5.91 Å². The first-order chi connectivity index (χ1) is 11.3. The summed E-state index contributed by atoms with van der Waals surface area (Å²) in [5, 5.41) is 2.62. The van der Waals surface area contributed by atoms with E-state index in [1.165, 1.54) is 13.0 Å². The SMILES string of the molecule is Cc1cc(C(=O)NCCCN2CCN(C)CC2)nc(C(F)(F)F)n1. The van der Waals surface area contributed by atoms with Crippen molar-refractivity contribution in [2.75, 3.05) is 46.3 Å². The number of alkyl halides is 3. The molecule has 134 valence electrons. The summed E-state index contributed by atoms with van der Waals surface area (Å²) in [4.78, 5) is 23.2. The van der Waals surface area contributed by atoms with Crippen molar-refractivity contribution in [3.05, 3.63) is 23.3 Å². The number of carbonyl (C=O) groups is 1. The van der Waals surface area contributed by atoms with Gasteiger partial charge in [-0.25, -0.2) is 9.97 Å². The summed E-state index contributed by atoms with van der Waals surface area (Å²) >= 11 is 0. The molecule has 0 aromatic carbocycles. The molecule has 0 atom stereocenters. The van der Waals surface area contributed by atoms with Gasteiger partial charge in [0, 0.05) is 38.4 Å². The minimum atomic E-state index is -4.66. The van der Waals surface area contributed by atoms with Gasteiger partial charge in [0.1, 0.15) is 5.69 Å². The van der Waals surface area contributed by atoms with Crippen LogP contribution in [0.1, 0.15) is 28.4 Å². The number of halogens is 3. The van der Waals surface area contributed by atoms with Gasteiger partial charge < -0.3 is 15.1 Å². The van der Waals surface area contributed by atoms with Crippen LogP contribution < -0.4 is 5.32 Å². The Morgan fingerprint density at radius 3 is 2.54 bits per heavy atom. The summed E-state index contributed by atoms with van der Waals surface area (Å²) in [5.41, 5.74) is -0.144. The van der Waals surface area contributed by atoms with E-state index in [1.807, 2.05) is 0 Å². The summed E-state index contributed by atoms with van der Waals surface area (Å²) in [7, 11) is 2.08. The predicted molar refractivity (Wildman–Crippen MR) is 82.7 cm³/mol. The molecule has 1 fully saturated rings. The third kappa shape index (κ3) is 5.41. The molecule has 2 heterocycles. The molecule has 0 saturated carbocycles. The molecule has 0 unspecified atom stereocenters. The fraction of sp³-hybridized carbons (Fsp3) is 0.667. The second kappa shape index (κ2) is 7.89. The Bertz CT molecular complexity index is 571. The minimum Gasteiger partial charge on any atom is -0.351 e. The Hall–Kier alpha value is -1.74. The van der Waals surface area contributed by atoms with Gasteiger partial charge in [-0.1, -0.05) is 0 Å². The Kier molecular flexibility index (Phi) is 6.11. The van der Waals surface area contributed by atoms with Crippen molar-refractivity contribution in [3.63, 3.8) is 0 Å². The van der Waals surface area contributed by atoms with Gasteiger partial charge >= 0.3 is 6.18 Å². The first-order valence-electron chi connectivity index (χ1n) is 7.87. The van der Waals surface area contributed by atoms with Gasteiger partial charge in [-0.3, -0.25) is 4.79 Å². The van der Waals surface area contributed by atoms with Crippen molar-refractivity contribution in [2.24, 2.45) is 0 Å². The number of hydrogen-bond acceptors (Lipinski definition) is 5. The molecular formula is C15H22F3N5O. The lowest BCUT2D eigenvalue weighted by Gasteiger charge is -2.32. The van der Waals surface area contributed by atoms with Crippen LogP contribution in [0.15, 0.2) is 6.07 Å². The molecule has 9 heteroatoms. The molecule has 1 aromatic rings. The number of nitrogens with one attached hydrogen (secondary N) is 1. The molecule has 1 amide bonds. The predicted octanol–water partition coefficient (Wildman–Crippen LogP) is 1.17. The maximum absolute atomic E-state index is 12.7. The monoisotopic (exact) mass is 345 g/mol. The summed E-state index contributed by atoms with van der Waals surface area (Å²) in [5.74, 6) is -1.89. The summed E-state index contributed by atoms with van der Waals surface area (Å²) < 4.78 is 38.1. The van der Waals surface area contributed by atoms with E-state index in [1.54, 1.807) is 0 Å². The van der Waals surface area contributed by atoms with Crippen LogP contribution in [0, 0.1) is 6.92 Å². The van der Waals surface area contributed by atoms with Gasteiger partial charge in [0.15, 0.2) is 0 Å². The fourth-order valence-electron chi connectivity index (χ4n) is 2.48. The third-order valence-electron chi connectivity index (χ3n) is 3.87. The van der Waals surface area contributed by atoms with Crippen LogP contribution in [0.4, 0.5) is 13.2 Å². The van der Waals surface area contributed by atoms with E-state index in [0.717, 1.165) is 39.1 Å². The highest BCUT2D eigenvalue weighted by molar-refractivity contribution is 5.92. The normalized spacial score (nSPS) is 17.0. The molecule has 1 aromatic heterocycles. The van der Waals surface area contributed by atoms with Crippen molar-refractivity contribution in [2.45, 2.75) is 19.5 Å². The second-order valence-corrected chi connectivity index (χ2v) is 5.97. The van der Waals surface area contributed by atoms with E-state index < -0.39 is 17.9 Å². The fourth-order valence-corrected chi connectivity index (χ4v) is 2.48. The molecule has 1 aliphatic heterocycles. The Labute approximate surface area is 139 Å². The highest BCUT2D eigenvalue weighted by Gasteiger charge is 2.35. The molecule has 1 saturated heterocycles.